The SMILES string of the molecule is C[C@@H](N)Cc1ccccc1.O=S(=O)(O)O. The van der Waals surface area contributed by atoms with Crippen LogP contribution < -0.4 is 5.73 Å². The van der Waals surface area contributed by atoms with E-state index in [2.05, 4.69) is 12.1 Å². The first-order valence-corrected chi connectivity index (χ1v) is 5.68. The molecule has 15 heavy (non-hydrogen) atoms. The molecule has 1 aromatic rings. The normalized spacial score (nSPS) is 12.5. The second-order valence-electron chi connectivity index (χ2n) is 3.11. The van der Waals surface area contributed by atoms with Gasteiger partial charge in [0.25, 0.3) is 0 Å². The largest absolute Gasteiger partial charge is 0.394 e. The summed E-state index contributed by atoms with van der Waals surface area (Å²) < 4.78 is 31.6. The molecule has 5 nitrogen and oxygen atoms in total. The van der Waals surface area contributed by atoms with E-state index in [-0.39, 0.29) is 6.04 Å². The molecular formula is C9H15NO4S. The smallest absolute Gasteiger partial charge is 0.328 e. The lowest BCUT2D eigenvalue weighted by molar-refractivity contribution is 0.381. The van der Waals surface area contributed by atoms with Gasteiger partial charge in [-0.05, 0) is 18.9 Å². The molecule has 0 heterocycles. The predicted octanol–water partition coefficient (Wildman–Crippen LogP) is 0.924. The fraction of sp³-hybridized carbons (Fsp3) is 0.333. The summed E-state index contributed by atoms with van der Waals surface area (Å²) in [4.78, 5) is 0. The monoisotopic (exact) mass is 233 g/mol. The van der Waals surface area contributed by atoms with Crippen molar-refractivity contribution in [2.75, 3.05) is 0 Å². The number of hydrogen-bond acceptors (Lipinski definition) is 3. The van der Waals surface area contributed by atoms with Gasteiger partial charge in [-0.3, -0.25) is 9.11 Å². The van der Waals surface area contributed by atoms with Crippen LogP contribution in [0.15, 0.2) is 30.3 Å². The molecule has 1 rings (SSSR count). The highest BCUT2D eigenvalue weighted by Gasteiger charge is 1.94. The summed E-state index contributed by atoms with van der Waals surface area (Å²) >= 11 is 0. The van der Waals surface area contributed by atoms with Gasteiger partial charge < -0.3 is 5.73 Å². The van der Waals surface area contributed by atoms with Crippen LogP contribution in [0.5, 0.6) is 0 Å². The molecule has 0 aliphatic heterocycles. The van der Waals surface area contributed by atoms with Crippen molar-refractivity contribution in [2.24, 2.45) is 5.73 Å². The van der Waals surface area contributed by atoms with Gasteiger partial charge in [0.2, 0.25) is 0 Å². The van der Waals surface area contributed by atoms with E-state index in [4.69, 9.17) is 23.3 Å². The molecule has 0 aliphatic carbocycles. The van der Waals surface area contributed by atoms with Gasteiger partial charge in [-0.15, -0.1) is 0 Å². The highest BCUT2D eigenvalue weighted by molar-refractivity contribution is 7.79. The summed E-state index contributed by atoms with van der Waals surface area (Å²) in [5.41, 5.74) is 6.94. The topological polar surface area (TPSA) is 101 Å². The Morgan fingerprint density at radius 3 is 2.00 bits per heavy atom. The number of benzene rings is 1. The van der Waals surface area contributed by atoms with Crippen LogP contribution in [-0.2, 0) is 16.8 Å². The Kier molecular flexibility index (Phi) is 6.11. The summed E-state index contributed by atoms with van der Waals surface area (Å²) in [6, 6.07) is 10.6. The van der Waals surface area contributed by atoms with Crippen LogP contribution >= 0.6 is 0 Å². The molecule has 1 aromatic carbocycles. The van der Waals surface area contributed by atoms with Gasteiger partial charge in [0.15, 0.2) is 0 Å². The summed E-state index contributed by atoms with van der Waals surface area (Å²) in [6.45, 7) is 2.02. The van der Waals surface area contributed by atoms with Crippen molar-refractivity contribution in [3.05, 3.63) is 35.9 Å². The molecule has 86 valence electrons. The minimum absolute atomic E-state index is 0.266. The quantitative estimate of drug-likeness (QED) is 0.659. The van der Waals surface area contributed by atoms with E-state index in [9.17, 15) is 0 Å². The maximum absolute atomic E-state index is 8.74. The average molecular weight is 233 g/mol. The minimum Gasteiger partial charge on any atom is -0.328 e. The van der Waals surface area contributed by atoms with Crippen molar-refractivity contribution in [2.45, 2.75) is 19.4 Å². The van der Waals surface area contributed by atoms with E-state index in [0.717, 1.165) is 6.42 Å². The van der Waals surface area contributed by atoms with Gasteiger partial charge in [0.05, 0.1) is 0 Å². The minimum atomic E-state index is -4.67. The summed E-state index contributed by atoms with van der Waals surface area (Å²) in [5.74, 6) is 0. The maximum atomic E-state index is 8.74. The Morgan fingerprint density at radius 2 is 1.67 bits per heavy atom. The van der Waals surface area contributed by atoms with Crippen LogP contribution in [0.4, 0.5) is 0 Å². The van der Waals surface area contributed by atoms with Gasteiger partial charge in [-0.2, -0.15) is 8.42 Å². The van der Waals surface area contributed by atoms with Crippen molar-refractivity contribution >= 4 is 10.4 Å². The fourth-order valence-electron chi connectivity index (χ4n) is 0.986. The van der Waals surface area contributed by atoms with Crippen LogP contribution in [0, 0.1) is 0 Å². The lowest BCUT2D eigenvalue weighted by Crippen LogP contribution is -2.17. The number of hydrogen-bond donors (Lipinski definition) is 3. The zero-order valence-electron chi connectivity index (χ0n) is 8.37. The molecule has 0 bridgehead atoms. The Bertz CT molecular complexity index is 353. The molecule has 0 saturated carbocycles. The van der Waals surface area contributed by atoms with Gasteiger partial charge in [0, 0.05) is 6.04 Å². The molecule has 0 unspecified atom stereocenters. The second kappa shape index (κ2) is 6.52. The van der Waals surface area contributed by atoms with Crippen LogP contribution in [0.1, 0.15) is 12.5 Å². The highest BCUT2D eigenvalue weighted by Crippen LogP contribution is 2.00. The van der Waals surface area contributed by atoms with E-state index in [1.165, 1.54) is 5.56 Å². The fourth-order valence-corrected chi connectivity index (χ4v) is 0.986. The van der Waals surface area contributed by atoms with E-state index in [1.807, 2.05) is 25.1 Å². The summed E-state index contributed by atoms with van der Waals surface area (Å²) in [7, 11) is -4.67. The van der Waals surface area contributed by atoms with Gasteiger partial charge in [-0.1, -0.05) is 30.3 Å². The molecular weight excluding hydrogens is 218 g/mol. The molecule has 0 aliphatic rings. The van der Waals surface area contributed by atoms with Gasteiger partial charge in [0.1, 0.15) is 0 Å². The Balaban J connectivity index is 0.000000336. The van der Waals surface area contributed by atoms with Crippen molar-refractivity contribution < 1.29 is 17.5 Å². The third-order valence-corrected chi connectivity index (χ3v) is 1.40. The van der Waals surface area contributed by atoms with Gasteiger partial charge in [-0.25, -0.2) is 0 Å². The second-order valence-corrected chi connectivity index (χ2v) is 4.01. The molecule has 4 N–H and O–H groups in total. The van der Waals surface area contributed by atoms with Crippen molar-refractivity contribution in [1.82, 2.24) is 0 Å². The molecule has 0 aromatic heterocycles. The Morgan fingerprint density at radius 1 is 1.27 bits per heavy atom. The highest BCUT2D eigenvalue weighted by atomic mass is 32.3. The zero-order chi connectivity index (χ0) is 11.9. The standard InChI is InChI=1S/C9H13N.H2O4S/c1-8(10)7-9-5-3-2-4-6-9;1-5(2,3)4/h2-6,8H,7,10H2,1H3;(H2,1,2,3,4)/t8-;/m1./s1. The molecule has 0 radical (unpaired) electrons. The summed E-state index contributed by atoms with van der Waals surface area (Å²) in [6.07, 6.45) is 0.973. The van der Waals surface area contributed by atoms with Crippen molar-refractivity contribution in [3.8, 4) is 0 Å². The first kappa shape index (κ1) is 14.1. The Labute approximate surface area is 89.5 Å². The van der Waals surface area contributed by atoms with Crippen LogP contribution in [0.2, 0.25) is 0 Å². The molecule has 0 saturated heterocycles. The molecule has 1 atom stereocenters. The molecule has 0 spiro atoms. The van der Waals surface area contributed by atoms with E-state index >= 15 is 0 Å². The maximum Gasteiger partial charge on any atom is 0.394 e. The molecule has 0 amide bonds. The number of nitrogens with two attached hydrogens (primary N) is 1. The third kappa shape index (κ3) is 13.1. The van der Waals surface area contributed by atoms with Crippen LogP contribution in [0.25, 0.3) is 0 Å². The van der Waals surface area contributed by atoms with Gasteiger partial charge >= 0.3 is 10.4 Å². The third-order valence-electron chi connectivity index (χ3n) is 1.40. The lowest BCUT2D eigenvalue weighted by Gasteiger charge is -2.02. The zero-order valence-corrected chi connectivity index (χ0v) is 9.18. The van der Waals surface area contributed by atoms with Crippen LogP contribution in [-0.4, -0.2) is 23.6 Å². The van der Waals surface area contributed by atoms with E-state index < -0.39 is 10.4 Å². The number of rotatable bonds is 2. The van der Waals surface area contributed by atoms with Crippen LogP contribution in [0.3, 0.4) is 0 Å². The Hall–Kier alpha value is -0.950. The van der Waals surface area contributed by atoms with Crippen molar-refractivity contribution in [3.63, 3.8) is 0 Å². The molecule has 6 heteroatoms. The van der Waals surface area contributed by atoms with E-state index in [1.54, 1.807) is 0 Å². The summed E-state index contributed by atoms with van der Waals surface area (Å²) in [5, 5.41) is 0. The van der Waals surface area contributed by atoms with Crippen molar-refractivity contribution in [1.29, 1.82) is 0 Å². The average Bonchev–Trinajstić information content (AvgIpc) is 2.01. The molecule has 0 fully saturated rings. The predicted molar refractivity (Wildman–Crippen MR) is 58.0 cm³/mol. The first-order valence-electron chi connectivity index (χ1n) is 4.28. The van der Waals surface area contributed by atoms with E-state index in [0.29, 0.717) is 0 Å². The lowest BCUT2D eigenvalue weighted by atomic mass is 10.1. The first-order chi connectivity index (χ1) is 6.79.